The first kappa shape index (κ1) is 55.4. The van der Waals surface area contributed by atoms with Gasteiger partial charge in [0.05, 0.1) is 40.9 Å². The first-order valence-electron chi connectivity index (χ1n) is 27.5. The van der Waals surface area contributed by atoms with Crippen molar-refractivity contribution in [2.24, 2.45) is 11.3 Å². The van der Waals surface area contributed by atoms with Crippen LogP contribution in [0.25, 0.3) is 11.0 Å². The number of aromatic nitrogens is 3. The number of hydrogen-bond acceptors (Lipinski definition) is 15. The number of rotatable bonds is 18. The summed E-state index contributed by atoms with van der Waals surface area (Å²) in [5.41, 5.74) is 3.66. The van der Waals surface area contributed by atoms with Crippen molar-refractivity contribution in [1.82, 2.24) is 29.5 Å². The van der Waals surface area contributed by atoms with Crippen LogP contribution < -0.4 is 29.1 Å². The lowest BCUT2D eigenvalue weighted by Gasteiger charge is -2.59. The number of likely N-dealkylation sites (tertiary alicyclic amines) is 2. The number of halogens is 1. The molecule has 20 heteroatoms. The fourth-order valence-corrected chi connectivity index (χ4v) is 13.1. The average Bonchev–Trinajstić information content (AvgIpc) is 3.85. The number of carbonyl (C=O) groups is 1. The highest BCUT2D eigenvalue weighted by Gasteiger charge is 2.49. The largest absolute Gasteiger partial charge is 0.491 e. The molecule has 18 nitrogen and oxygen atoms in total. The van der Waals surface area contributed by atoms with Gasteiger partial charge in [-0.25, -0.2) is 22.5 Å². The Labute approximate surface area is 461 Å². The van der Waals surface area contributed by atoms with Crippen molar-refractivity contribution in [1.29, 1.82) is 0 Å². The molecule has 1 aliphatic carbocycles. The molecular formula is C59H72FN9O9S. The maximum atomic E-state index is 14.9. The Hall–Kier alpha value is -6.87. The third-order valence-electron chi connectivity index (χ3n) is 16.6. The van der Waals surface area contributed by atoms with Gasteiger partial charge < -0.3 is 34.5 Å². The quantitative estimate of drug-likeness (QED) is 0.0465. The van der Waals surface area contributed by atoms with E-state index in [0.29, 0.717) is 50.1 Å². The van der Waals surface area contributed by atoms with Gasteiger partial charge in [0.2, 0.25) is 5.82 Å². The van der Waals surface area contributed by atoms with Crippen molar-refractivity contribution in [3.8, 4) is 23.1 Å². The maximum absolute atomic E-state index is 14.9. The minimum absolute atomic E-state index is 0.0152. The van der Waals surface area contributed by atoms with E-state index in [1.807, 2.05) is 13.8 Å². The molecule has 1 saturated carbocycles. The van der Waals surface area contributed by atoms with Gasteiger partial charge >= 0.3 is 5.69 Å². The number of aliphatic hydroxyl groups is 1. The predicted octanol–water partition coefficient (Wildman–Crippen LogP) is 10.1. The van der Waals surface area contributed by atoms with E-state index in [1.165, 1.54) is 35.9 Å². The lowest BCUT2D eigenvalue weighted by atomic mass is 9.69. The van der Waals surface area contributed by atoms with Gasteiger partial charge in [0.25, 0.3) is 21.8 Å². The van der Waals surface area contributed by atoms with Crippen LogP contribution in [0.3, 0.4) is 0 Å². The molecule has 3 aromatic heterocycles. The van der Waals surface area contributed by atoms with Crippen molar-refractivity contribution in [2.45, 2.75) is 121 Å². The second-order valence-electron chi connectivity index (χ2n) is 23.0. The fraction of sp³-hybridized carbons (Fsp3) is 0.475. The van der Waals surface area contributed by atoms with Crippen molar-refractivity contribution in [3.63, 3.8) is 0 Å². The molecule has 1 amide bonds. The van der Waals surface area contributed by atoms with Crippen LogP contribution in [-0.2, 0) is 16.6 Å². The molecule has 6 aromatic rings. The van der Waals surface area contributed by atoms with Crippen LogP contribution in [0.5, 0.6) is 23.1 Å². The Bertz CT molecular complexity index is 3290. The number of nitrogens with zero attached hydrogens (tertiary/aromatic N) is 6. The third kappa shape index (κ3) is 12.3. The smallest absolute Gasteiger partial charge is 0.312 e. The van der Waals surface area contributed by atoms with Crippen LogP contribution in [0.4, 0.5) is 21.6 Å². The highest BCUT2D eigenvalue weighted by Crippen LogP contribution is 2.47. The SMILES string of the molecule is COc1nc2[nH]cc(F)c2cc1Oc1cc(N2CCC3(CC2)CN(C2CCN(Cc4ccc(OC(C)C)cc4)CC2c2ccccc2C(C)C)C3)ccc1C(=O)NS(=O)(=O)c1cnc(NCC2CCC(C)(O)CC2)c([N+](=O)[O-])c1. The summed E-state index contributed by atoms with van der Waals surface area (Å²) < 4.78 is 62.6. The molecule has 10 rings (SSSR count). The van der Waals surface area contributed by atoms with E-state index in [2.05, 4.69) is 102 Å². The standard InChI is InChI=1S/C59H72FN9O9S/c1-37(2)44-9-7-8-10-45(44)48-34-66(33-40-11-14-42(15-12-40)77-38(3)4)24-19-50(48)68-35-59(36-68)22-25-67(26-23-59)41-13-16-46(52(27-41)78-53-29-47-49(60)32-63-54(47)64-57(53)76-6)56(70)65-79(74,75)43-28-51(69(72)73)55(62-31-43)61-30-39-17-20-58(5,71)21-18-39/h7-16,27-29,31-32,37-39,48,50,71H,17-26,30,33-36H2,1-6H3,(H,61,62)(H,63,64)(H,65,70). The van der Waals surface area contributed by atoms with Crippen LogP contribution in [0.15, 0.2) is 96.2 Å². The number of anilines is 2. The van der Waals surface area contributed by atoms with E-state index in [1.54, 1.807) is 19.1 Å². The zero-order chi connectivity index (χ0) is 55.8. The molecule has 4 N–H and O–H groups in total. The van der Waals surface area contributed by atoms with Gasteiger partial charge in [0, 0.05) is 94.4 Å². The number of sulfonamides is 1. The number of piperidine rings is 2. The van der Waals surface area contributed by atoms with Gasteiger partial charge in [0.1, 0.15) is 27.9 Å². The lowest BCUT2D eigenvalue weighted by Crippen LogP contribution is -2.65. The topological polar surface area (TPSA) is 218 Å². The van der Waals surface area contributed by atoms with Gasteiger partial charge in [-0.05, 0) is 124 Å². The molecule has 6 heterocycles. The number of methoxy groups -OCH3 is 1. The average molecular weight is 1100 g/mol. The molecule has 3 aromatic carbocycles. The molecule has 79 heavy (non-hydrogen) atoms. The highest BCUT2D eigenvalue weighted by molar-refractivity contribution is 7.90. The van der Waals surface area contributed by atoms with E-state index in [4.69, 9.17) is 14.2 Å². The number of ether oxygens (including phenoxy) is 3. The number of pyridine rings is 2. The number of amides is 1. The van der Waals surface area contributed by atoms with Crippen LogP contribution in [-0.4, -0.2) is 120 Å². The number of H-pyrrole nitrogens is 1. The Morgan fingerprint density at radius 2 is 1.70 bits per heavy atom. The summed E-state index contributed by atoms with van der Waals surface area (Å²) in [6.07, 6.45) is 7.76. The second kappa shape index (κ2) is 22.7. The van der Waals surface area contributed by atoms with E-state index in [9.17, 15) is 32.8 Å². The Kier molecular flexibility index (Phi) is 15.9. The molecule has 3 saturated heterocycles. The Morgan fingerprint density at radius 1 is 0.962 bits per heavy atom. The normalized spacial score (nSPS) is 21.7. The van der Waals surface area contributed by atoms with E-state index in [-0.39, 0.29) is 57.2 Å². The zero-order valence-electron chi connectivity index (χ0n) is 45.8. The number of nitrogens with one attached hydrogen (secondary N) is 3. The molecule has 0 radical (unpaired) electrons. The molecule has 4 fully saturated rings. The first-order valence-corrected chi connectivity index (χ1v) is 29.0. The van der Waals surface area contributed by atoms with Gasteiger partial charge in [0.15, 0.2) is 5.75 Å². The number of nitro groups is 1. The van der Waals surface area contributed by atoms with Crippen LogP contribution in [0, 0.1) is 27.3 Å². The molecule has 420 valence electrons. The summed E-state index contributed by atoms with van der Waals surface area (Å²) in [6.45, 7) is 17.1. The summed E-state index contributed by atoms with van der Waals surface area (Å²) >= 11 is 0. The van der Waals surface area contributed by atoms with E-state index in [0.717, 1.165) is 95.0 Å². The monoisotopic (exact) mass is 1100 g/mol. The van der Waals surface area contributed by atoms with Crippen molar-refractivity contribution in [2.75, 3.05) is 63.1 Å². The Morgan fingerprint density at radius 3 is 2.39 bits per heavy atom. The minimum atomic E-state index is -4.75. The minimum Gasteiger partial charge on any atom is -0.491 e. The molecule has 2 atom stereocenters. The number of fused-ring (bicyclic) bond motifs is 1. The van der Waals surface area contributed by atoms with Gasteiger partial charge in [-0.1, -0.05) is 50.2 Å². The van der Waals surface area contributed by atoms with Crippen LogP contribution in [0.2, 0.25) is 0 Å². The van der Waals surface area contributed by atoms with Crippen LogP contribution in [0.1, 0.15) is 118 Å². The second-order valence-corrected chi connectivity index (χ2v) is 24.7. The molecular weight excluding hydrogens is 1030 g/mol. The molecule has 3 aliphatic heterocycles. The van der Waals surface area contributed by atoms with Crippen molar-refractivity contribution < 1.29 is 41.8 Å². The number of carbonyl (C=O) groups excluding carboxylic acids is 1. The molecule has 0 bridgehead atoms. The summed E-state index contributed by atoms with van der Waals surface area (Å²) in [5.74, 6) is -0.130. The van der Waals surface area contributed by atoms with Crippen molar-refractivity contribution in [3.05, 3.63) is 129 Å². The maximum Gasteiger partial charge on any atom is 0.312 e. The summed E-state index contributed by atoms with van der Waals surface area (Å²) in [6, 6.07) is 25.0. The van der Waals surface area contributed by atoms with Gasteiger partial charge in [-0.15, -0.1) is 0 Å². The Balaban J connectivity index is 0.850. The molecule has 2 unspecified atom stereocenters. The van der Waals surface area contributed by atoms with E-state index < -0.39 is 42.9 Å². The number of hydrogen-bond donors (Lipinski definition) is 4. The zero-order valence-corrected chi connectivity index (χ0v) is 46.7. The summed E-state index contributed by atoms with van der Waals surface area (Å²) in [5, 5.41) is 25.7. The molecule has 4 aliphatic rings. The predicted molar refractivity (Wildman–Crippen MR) is 300 cm³/mol. The summed E-state index contributed by atoms with van der Waals surface area (Å²) in [7, 11) is -3.37. The van der Waals surface area contributed by atoms with Crippen LogP contribution >= 0.6 is 0 Å². The number of benzene rings is 3. The van der Waals surface area contributed by atoms with Gasteiger partial charge in [-0.3, -0.25) is 24.7 Å². The lowest BCUT2D eigenvalue weighted by molar-refractivity contribution is -0.384. The third-order valence-corrected chi connectivity index (χ3v) is 17.9. The van der Waals surface area contributed by atoms with Crippen molar-refractivity contribution >= 4 is 44.2 Å². The first-order chi connectivity index (χ1) is 37.8. The van der Waals surface area contributed by atoms with E-state index >= 15 is 0 Å². The molecule has 1 spiro atoms. The summed E-state index contributed by atoms with van der Waals surface area (Å²) in [4.78, 5) is 43.9. The van der Waals surface area contributed by atoms with Gasteiger partial charge in [-0.2, -0.15) is 4.98 Å². The number of aromatic amines is 1. The fourth-order valence-electron chi connectivity index (χ4n) is 12.2. The highest BCUT2D eigenvalue weighted by atomic mass is 32.2.